The molecule has 0 aromatic heterocycles. The summed E-state index contributed by atoms with van der Waals surface area (Å²) in [7, 11) is -6.35. The Kier molecular flexibility index (Phi) is 16.4. The summed E-state index contributed by atoms with van der Waals surface area (Å²) in [6, 6.07) is 11.4. The molecule has 0 aliphatic heterocycles. The molecular weight excluding hydrogens is 753 g/mol. The lowest BCUT2D eigenvalue weighted by atomic mass is 10.0. The zero-order chi connectivity index (χ0) is 42.2. The molecule has 1 aliphatic rings. The number of ether oxygens (including phenoxy) is 2. The Bertz CT molecular complexity index is 1580. The second kappa shape index (κ2) is 19.3. The minimum Gasteiger partial charge on any atom is -0.444 e. The Morgan fingerprint density at radius 1 is 0.625 bits per heavy atom. The van der Waals surface area contributed by atoms with Crippen molar-refractivity contribution in [3.05, 3.63) is 70.8 Å². The van der Waals surface area contributed by atoms with E-state index in [2.05, 4.69) is 130 Å². The van der Waals surface area contributed by atoms with Crippen molar-refractivity contribution in [1.29, 1.82) is 0 Å². The van der Waals surface area contributed by atoms with Crippen molar-refractivity contribution < 1.29 is 32.3 Å². The van der Waals surface area contributed by atoms with Gasteiger partial charge in [-0.25, -0.2) is 9.59 Å². The third-order valence-corrected chi connectivity index (χ3v) is 25.8. The van der Waals surface area contributed by atoms with Crippen LogP contribution in [0.5, 0.6) is 0 Å². The van der Waals surface area contributed by atoms with Gasteiger partial charge in [0.1, 0.15) is 12.7 Å². The van der Waals surface area contributed by atoms with Crippen LogP contribution in [0.4, 0.5) is 21.0 Å². The summed E-state index contributed by atoms with van der Waals surface area (Å²) < 4.78 is 31.7. The van der Waals surface area contributed by atoms with Gasteiger partial charge in [-0.1, -0.05) is 86.9 Å². The van der Waals surface area contributed by atoms with E-state index in [1.54, 1.807) is 12.1 Å². The molecule has 1 unspecified atom stereocenters. The van der Waals surface area contributed by atoms with Crippen LogP contribution in [0.25, 0.3) is 0 Å². The Morgan fingerprint density at radius 3 is 1.62 bits per heavy atom. The lowest BCUT2D eigenvalue weighted by molar-refractivity contribution is 0.127. The van der Waals surface area contributed by atoms with Crippen LogP contribution >= 0.6 is 0 Å². The fourth-order valence-electron chi connectivity index (χ4n) is 5.22. The summed E-state index contributed by atoms with van der Waals surface area (Å²) in [5.41, 5.74) is 4.80. The Labute approximate surface area is 342 Å². The zero-order valence-electron chi connectivity index (χ0n) is 37.4. The van der Waals surface area contributed by atoms with Crippen molar-refractivity contribution in [2.24, 2.45) is 0 Å². The average Bonchev–Trinajstić information content (AvgIpc) is 3.05. The highest BCUT2D eigenvalue weighted by Gasteiger charge is 2.40. The molecule has 314 valence electrons. The van der Waals surface area contributed by atoms with Crippen molar-refractivity contribution in [3.63, 3.8) is 0 Å². The highest BCUT2D eigenvalue weighted by Crippen LogP contribution is 2.41. The normalized spacial score (nSPS) is 16.7. The highest BCUT2D eigenvalue weighted by atomic mass is 28.4. The SMILES string of the molecule is CC(C)(C)[Si](C)(C)OCc1cc(CO[Si](C)(C)C(C)(C)C)c(NC(=O)OCc2ccc(NC(=O)OC3/C=C/CCCCC3)cc2)c(CO[Si](C)(C)C(C)(C)C)c1. The van der Waals surface area contributed by atoms with Crippen LogP contribution in [-0.2, 0) is 49.2 Å². The summed E-state index contributed by atoms with van der Waals surface area (Å²) >= 11 is 0. The number of nitrogens with one attached hydrogen (secondary N) is 2. The van der Waals surface area contributed by atoms with E-state index in [4.69, 9.17) is 22.8 Å². The number of allylic oxidation sites excluding steroid dienone is 1. The van der Waals surface area contributed by atoms with Gasteiger partial charge in [0.15, 0.2) is 25.0 Å². The molecule has 9 nitrogen and oxygen atoms in total. The lowest BCUT2D eigenvalue weighted by Crippen LogP contribution is -2.41. The fourth-order valence-corrected chi connectivity index (χ4v) is 8.08. The summed E-state index contributed by atoms with van der Waals surface area (Å²) in [4.78, 5) is 26.2. The van der Waals surface area contributed by atoms with Gasteiger partial charge in [0, 0.05) is 16.8 Å². The van der Waals surface area contributed by atoms with Crippen LogP contribution in [0, 0.1) is 0 Å². The molecule has 2 N–H and O–H groups in total. The van der Waals surface area contributed by atoms with Crippen LogP contribution in [0.3, 0.4) is 0 Å². The van der Waals surface area contributed by atoms with Crippen molar-refractivity contribution in [2.75, 3.05) is 10.6 Å². The van der Waals surface area contributed by atoms with Gasteiger partial charge in [-0.05, 0) is 122 Å². The molecule has 0 bridgehead atoms. The van der Waals surface area contributed by atoms with Crippen LogP contribution in [0.15, 0.2) is 48.6 Å². The molecule has 2 aromatic carbocycles. The molecule has 12 heteroatoms. The molecule has 0 saturated carbocycles. The van der Waals surface area contributed by atoms with Crippen molar-refractivity contribution in [3.8, 4) is 0 Å². The number of carbonyl (C=O) groups excluding carboxylic acids is 2. The summed E-state index contributed by atoms with van der Waals surface area (Å²) in [6.45, 7) is 34.7. The second-order valence-electron chi connectivity index (χ2n) is 20.0. The molecule has 1 atom stereocenters. The minimum absolute atomic E-state index is 0.00781. The summed E-state index contributed by atoms with van der Waals surface area (Å²) in [5.74, 6) is 0. The monoisotopic (exact) mass is 826 g/mol. The second-order valence-corrected chi connectivity index (χ2v) is 34.4. The maximum atomic E-state index is 13.6. The van der Waals surface area contributed by atoms with E-state index in [0.29, 0.717) is 31.2 Å². The van der Waals surface area contributed by atoms with E-state index in [1.807, 2.05) is 18.2 Å². The van der Waals surface area contributed by atoms with Gasteiger partial charge in [0.05, 0.1) is 25.5 Å². The van der Waals surface area contributed by atoms with Gasteiger partial charge in [0.25, 0.3) is 0 Å². The topological polar surface area (TPSA) is 104 Å². The van der Waals surface area contributed by atoms with Crippen LogP contribution < -0.4 is 10.6 Å². The number of benzene rings is 2. The molecule has 0 spiro atoms. The van der Waals surface area contributed by atoms with Crippen LogP contribution in [-0.4, -0.2) is 43.2 Å². The first-order chi connectivity index (χ1) is 25.7. The predicted octanol–water partition coefficient (Wildman–Crippen LogP) is 13.4. The number of rotatable bonds is 14. The molecular formula is C44H74N2O7Si3. The Morgan fingerprint density at radius 2 is 1.12 bits per heavy atom. The predicted molar refractivity (Wildman–Crippen MR) is 239 cm³/mol. The highest BCUT2D eigenvalue weighted by molar-refractivity contribution is 6.74. The molecule has 0 saturated heterocycles. The smallest absolute Gasteiger partial charge is 0.412 e. The Balaban J connectivity index is 1.86. The van der Waals surface area contributed by atoms with E-state index in [-0.39, 0.29) is 27.8 Å². The quantitative estimate of drug-likeness (QED) is 0.144. The van der Waals surface area contributed by atoms with Crippen molar-refractivity contribution in [2.45, 2.75) is 181 Å². The van der Waals surface area contributed by atoms with Crippen LogP contribution in [0.1, 0.15) is 117 Å². The first kappa shape index (κ1) is 47.6. The van der Waals surface area contributed by atoms with Gasteiger partial charge in [-0.3, -0.25) is 10.6 Å². The number of carbonyl (C=O) groups is 2. The number of amides is 2. The molecule has 0 fully saturated rings. The van der Waals surface area contributed by atoms with E-state index < -0.39 is 37.1 Å². The Hall–Kier alpha value is -2.75. The third-order valence-electron chi connectivity index (χ3n) is 12.3. The van der Waals surface area contributed by atoms with Crippen molar-refractivity contribution in [1.82, 2.24) is 0 Å². The maximum Gasteiger partial charge on any atom is 0.412 e. The van der Waals surface area contributed by atoms with Crippen molar-refractivity contribution >= 4 is 48.5 Å². The van der Waals surface area contributed by atoms with E-state index in [1.165, 1.54) is 6.42 Å². The van der Waals surface area contributed by atoms with E-state index >= 15 is 0 Å². The molecule has 0 radical (unpaired) electrons. The van der Waals surface area contributed by atoms with Gasteiger partial charge >= 0.3 is 12.2 Å². The standard InChI is InChI=1S/C44H74N2O7Si3/c1-42(2,3)54(10,11)50-30-34-27-35(31-51-55(12,13)43(4,5)6)39(36(28-34)32-52-56(14,15)44(7,8)9)46-40(47)49-29-33-23-25-37(26-24-33)45-41(48)53-38-21-19-17-16-18-20-22-38/h19,21,23-28,38H,16-18,20,22,29-32H2,1-15H3,(H,45,48)(H,46,47)/b21-19+. The van der Waals surface area contributed by atoms with Gasteiger partial charge in [0.2, 0.25) is 0 Å². The molecule has 56 heavy (non-hydrogen) atoms. The average molecular weight is 827 g/mol. The van der Waals surface area contributed by atoms with E-state index in [0.717, 1.165) is 47.9 Å². The number of anilines is 2. The fraction of sp³-hybridized carbons (Fsp3) is 0.636. The van der Waals surface area contributed by atoms with E-state index in [9.17, 15) is 9.59 Å². The molecule has 2 amide bonds. The lowest BCUT2D eigenvalue weighted by Gasteiger charge is -2.37. The van der Waals surface area contributed by atoms with Crippen LogP contribution in [0.2, 0.25) is 54.4 Å². The molecule has 3 rings (SSSR count). The first-order valence-corrected chi connectivity index (χ1v) is 29.2. The minimum atomic E-state index is -2.15. The molecule has 1 aliphatic carbocycles. The zero-order valence-corrected chi connectivity index (χ0v) is 40.4. The largest absolute Gasteiger partial charge is 0.444 e. The summed E-state index contributed by atoms with van der Waals surface area (Å²) in [6.07, 6.45) is 8.01. The maximum absolute atomic E-state index is 13.6. The van der Waals surface area contributed by atoms with Gasteiger partial charge < -0.3 is 22.8 Å². The third kappa shape index (κ3) is 14.3. The number of hydrogen-bond donors (Lipinski definition) is 2. The van der Waals surface area contributed by atoms with Gasteiger partial charge in [-0.2, -0.15) is 0 Å². The number of hydrogen-bond acceptors (Lipinski definition) is 7. The molecule has 2 aromatic rings. The first-order valence-electron chi connectivity index (χ1n) is 20.4. The summed E-state index contributed by atoms with van der Waals surface area (Å²) in [5, 5.41) is 6.00. The molecule has 0 heterocycles. The van der Waals surface area contributed by atoms with Gasteiger partial charge in [-0.15, -0.1) is 0 Å².